The van der Waals surface area contributed by atoms with Crippen LogP contribution in [0.2, 0.25) is 0 Å². The van der Waals surface area contributed by atoms with Crippen LogP contribution in [-0.4, -0.2) is 11.5 Å². The molecule has 0 fully saturated rings. The Labute approximate surface area is 80.7 Å². The molecule has 4 nitrogen and oxygen atoms in total. The summed E-state index contributed by atoms with van der Waals surface area (Å²) in [6.45, 7) is 0.483. The van der Waals surface area contributed by atoms with Crippen LogP contribution < -0.4 is 5.73 Å². The maximum absolute atomic E-state index is 13.2. The highest BCUT2D eigenvalue weighted by Crippen LogP contribution is 2.17. The third kappa shape index (κ3) is 2.50. The van der Waals surface area contributed by atoms with Crippen molar-refractivity contribution >= 4 is 5.69 Å². The lowest BCUT2D eigenvalue weighted by Gasteiger charge is -2.01. The van der Waals surface area contributed by atoms with Gasteiger partial charge in [0.25, 0.3) is 5.69 Å². The van der Waals surface area contributed by atoms with Crippen LogP contribution in [0.3, 0.4) is 0 Å². The van der Waals surface area contributed by atoms with E-state index < -0.39 is 10.7 Å². The smallest absolute Gasteiger partial charge is 0.272 e. The SMILES string of the molecule is NCCCc1ccc([N+](=O)[O-])cc1F. The molecule has 0 saturated carbocycles. The molecule has 1 aromatic rings. The molecule has 0 amide bonds. The molecule has 0 spiro atoms. The molecule has 0 aliphatic rings. The number of halogens is 1. The van der Waals surface area contributed by atoms with Crippen LogP contribution in [0.4, 0.5) is 10.1 Å². The quantitative estimate of drug-likeness (QED) is 0.590. The lowest BCUT2D eigenvalue weighted by molar-refractivity contribution is -0.385. The lowest BCUT2D eigenvalue weighted by Crippen LogP contribution is -2.02. The summed E-state index contributed by atoms with van der Waals surface area (Å²) in [4.78, 5) is 9.68. The summed E-state index contributed by atoms with van der Waals surface area (Å²) in [5, 5.41) is 10.3. The van der Waals surface area contributed by atoms with Gasteiger partial charge in [0, 0.05) is 6.07 Å². The molecule has 5 heteroatoms. The van der Waals surface area contributed by atoms with Gasteiger partial charge in [0.1, 0.15) is 5.82 Å². The molecule has 0 heterocycles. The van der Waals surface area contributed by atoms with Crippen molar-refractivity contribution in [2.75, 3.05) is 6.54 Å². The van der Waals surface area contributed by atoms with E-state index in [0.717, 1.165) is 6.07 Å². The van der Waals surface area contributed by atoms with E-state index in [4.69, 9.17) is 5.73 Å². The summed E-state index contributed by atoms with van der Waals surface area (Å²) in [7, 11) is 0. The predicted octanol–water partition coefficient (Wildman–Crippen LogP) is 1.63. The Hall–Kier alpha value is -1.49. The summed E-state index contributed by atoms with van der Waals surface area (Å²) in [6, 6.07) is 3.67. The van der Waals surface area contributed by atoms with Gasteiger partial charge < -0.3 is 5.73 Å². The van der Waals surface area contributed by atoms with Crippen molar-refractivity contribution in [3.05, 3.63) is 39.7 Å². The van der Waals surface area contributed by atoms with Gasteiger partial charge in [-0.15, -0.1) is 0 Å². The maximum Gasteiger partial charge on any atom is 0.272 e. The molecular formula is C9H11FN2O2. The van der Waals surface area contributed by atoms with Gasteiger partial charge in [0.2, 0.25) is 0 Å². The Morgan fingerprint density at radius 2 is 2.21 bits per heavy atom. The lowest BCUT2D eigenvalue weighted by atomic mass is 10.1. The monoisotopic (exact) mass is 198 g/mol. The Balaban J connectivity index is 2.84. The second kappa shape index (κ2) is 4.66. The van der Waals surface area contributed by atoms with Crippen molar-refractivity contribution in [2.24, 2.45) is 5.73 Å². The fourth-order valence-electron chi connectivity index (χ4n) is 1.15. The molecule has 0 saturated heterocycles. The summed E-state index contributed by atoms with van der Waals surface area (Å²) < 4.78 is 13.2. The van der Waals surface area contributed by atoms with Gasteiger partial charge in [-0.05, 0) is 31.0 Å². The zero-order chi connectivity index (χ0) is 10.6. The topological polar surface area (TPSA) is 69.2 Å². The van der Waals surface area contributed by atoms with Gasteiger partial charge in [-0.2, -0.15) is 0 Å². The van der Waals surface area contributed by atoms with Gasteiger partial charge in [-0.3, -0.25) is 10.1 Å². The molecule has 1 rings (SSSR count). The van der Waals surface area contributed by atoms with Gasteiger partial charge in [-0.25, -0.2) is 4.39 Å². The first-order chi connectivity index (χ1) is 6.65. The minimum atomic E-state index is -0.615. The van der Waals surface area contributed by atoms with E-state index in [9.17, 15) is 14.5 Å². The predicted molar refractivity (Wildman–Crippen MR) is 50.4 cm³/mol. The van der Waals surface area contributed by atoms with E-state index in [2.05, 4.69) is 0 Å². The van der Waals surface area contributed by atoms with E-state index in [1.165, 1.54) is 12.1 Å². The van der Waals surface area contributed by atoms with Crippen LogP contribution in [0.1, 0.15) is 12.0 Å². The second-order valence-corrected chi connectivity index (χ2v) is 2.93. The van der Waals surface area contributed by atoms with E-state index in [1.54, 1.807) is 0 Å². The van der Waals surface area contributed by atoms with Crippen molar-refractivity contribution in [1.82, 2.24) is 0 Å². The standard InChI is InChI=1S/C9H11FN2O2/c10-9-6-8(12(13)14)4-3-7(9)2-1-5-11/h3-4,6H,1-2,5,11H2. The number of aryl methyl sites for hydroxylation is 1. The van der Waals surface area contributed by atoms with Crippen LogP contribution in [-0.2, 0) is 6.42 Å². The highest BCUT2D eigenvalue weighted by atomic mass is 19.1. The van der Waals surface area contributed by atoms with Crippen LogP contribution in [0.25, 0.3) is 0 Å². The number of hydrogen-bond acceptors (Lipinski definition) is 3. The van der Waals surface area contributed by atoms with Crippen LogP contribution in [0, 0.1) is 15.9 Å². The highest BCUT2D eigenvalue weighted by molar-refractivity contribution is 5.34. The minimum Gasteiger partial charge on any atom is -0.330 e. The van der Waals surface area contributed by atoms with Crippen molar-refractivity contribution in [1.29, 1.82) is 0 Å². The van der Waals surface area contributed by atoms with E-state index in [0.29, 0.717) is 24.9 Å². The average Bonchev–Trinajstić information content (AvgIpc) is 2.15. The van der Waals surface area contributed by atoms with Crippen molar-refractivity contribution < 1.29 is 9.31 Å². The van der Waals surface area contributed by atoms with Crippen LogP contribution >= 0.6 is 0 Å². The summed E-state index contributed by atoms with van der Waals surface area (Å²) in [5.74, 6) is -0.535. The molecular weight excluding hydrogens is 187 g/mol. The molecule has 76 valence electrons. The Morgan fingerprint density at radius 1 is 1.50 bits per heavy atom. The van der Waals surface area contributed by atoms with Crippen molar-refractivity contribution in [3.63, 3.8) is 0 Å². The summed E-state index contributed by atoms with van der Waals surface area (Å²) >= 11 is 0. The Morgan fingerprint density at radius 3 is 2.71 bits per heavy atom. The number of rotatable bonds is 4. The van der Waals surface area contributed by atoms with Crippen LogP contribution in [0.15, 0.2) is 18.2 Å². The molecule has 1 aromatic carbocycles. The largest absolute Gasteiger partial charge is 0.330 e. The normalized spacial score (nSPS) is 10.1. The Bertz CT molecular complexity index is 342. The number of hydrogen-bond donors (Lipinski definition) is 1. The molecule has 0 bridgehead atoms. The number of nitro benzene ring substituents is 1. The number of benzene rings is 1. The minimum absolute atomic E-state index is 0.223. The van der Waals surface area contributed by atoms with E-state index in [-0.39, 0.29) is 5.69 Å². The van der Waals surface area contributed by atoms with Gasteiger partial charge in [0.15, 0.2) is 0 Å². The van der Waals surface area contributed by atoms with Gasteiger partial charge >= 0.3 is 0 Å². The van der Waals surface area contributed by atoms with Crippen molar-refractivity contribution in [3.8, 4) is 0 Å². The average molecular weight is 198 g/mol. The molecule has 14 heavy (non-hydrogen) atoms. The maximum atomic E-state index is 13.2. The van der Waals surface area contributed by atoms with Crippen molar-refractivity contribution in [2.45, 2.75) is 12.8 Å². The zero-order valence-electron chi connectivity index (χ0n) is 7.57. The summed E-state index contributed by atoms with van der Waals surface area (Å²) in [5.41, 5.74) is 5.52. The molecule has 0 radical (unpaired) electrons. The van der Waals surface area contributed by atoms with Gasteiger partial charge in [0.05, 0.1) is 11.0 Å². The molecule has 2 N–H and O–H groups in total. The highest BCUT2D eigenvalue weighted by Gasteiger charge is 2.09. The molecule has 0 aliphatic carbocycles. The fourth-order valence-corrected chi connectivity index (χ4v) is 1.15. The number of nitro groups is 1. The fraction of sp³-hybridized carbons (Fsp3) is 0.333. The number of nitrogens with zero attached hydrogens (tertiary/aromatic N) is 1. The third-order valence-electron chi connectivity index (χ3n) is 1.90. The Kier molecular flexibility index (Phi) is 3.53. The first-order valence-corrected chi connectivity index (χ1v) is 4.28. The molecule has 0 atom stereocenters. The molecule has 0 aromatic heterocycles. The first kappa shape index (κ1) is 10.6. The second-order valence-electron chi connectivity index (χ2n) is 2.93. The summed E-state index contributed by atoms with van der Waals surface area (Å²) in [6.07, 6.45) is 1.19. The zero-order valence-corrected chi connectivity index (χ0v) is 7.57. The number of nitrogens with two attached hydrogens (primary N) is 1. The van der Waals surface area contributed by atoms with Gasteiger partial charge in [-0.1, -0.05) is 0 Å². The molecule has 0 unspecified atom stereocenters. The molecule has 0 aliphatic heterocycles. The number of non-ortho nitro benzene ring substituents is 1. The van der Waals surface area contributed by atoms with E-state index in [1.807, 2.05) is 0 Å². The van der Waals surface area contributed by atoms with Crippen LogP contribution in [0.5, 0.6) is 0 Å². The third-order valence-corrected chi connectivity index (χ3v) is 1.90. The first-order valence-electron chi connectivity index (χ1n) is 4.28. The van der Waals surface area contributed by atoms with E-state index >= 15 is 0 Å².